The monoisotopic (exact) mass is 326 g/mol. The number of rotatable bonds is 5. The molecule has 0 saturated heterocycles. The Labute approximate surface area is 143 Å². The van der Waals surface area contributed by atoms with Gasteiger partial charge in [-0.15, -0.1) is 0 Å². The van der Waals surface area contributed by atoms with Crippen molar-refractivity contribution < 1.29 is 4.79 Å². The van der Waals surface area contributed by atoms with E-state index in [-0.39, 0.29) is 17.4 Å². The van der Waals surface area contributed by atoms with Gasteiger partial charge in [0.25, 0.3) is 5.91 Å². The molecule has 0 aliphatic rings. The minimum Gasteiger partial charge on any atom is -0.348 e. The lowest BCUT2D eigenvalue weighted by Crippen LogP contribution is -2.32. The number of amides is 1. The number of hydrogen-bond acceptors (Lipinski definition) is 4. The van der Waals surface area contributed by atoms with Crippen LogP contribution in [0.1, 0.15) is 57.1 Å². The van der Waals surface area contributed by atoms with E-state index < -0.39 is 0 Å². The van der Waals surface area contributed by atoms with Gasteiger partial charge in [-0.05, 0) is 42.5 Å². The normalized spacial score (nSPS) is 12.5. The zero-order chi connectivity index (χ0) is 17.7. The van der Waals surface area contributed by atoms with Gasteiger partial charge in [-0.25, -0.2) is 9.97 Å². The van der Waals surface area contributed by atoms with Crippen LogP contribution in [0.4, 0.5) is 11.6 Å². The van der Waals surface area contributed by atoms with E-state index in [0.717, 1.165) is 12.1 Å². The molecular weight excluding hydrogens is 300 g/mol. The second-order valence-electron chi connectivity index (χ2n) is 7.00. The Morgan fingerprint density at radius 3 is 2.42 bits per heavy atom. The fourth-order valence-corrected chi connectivity index (χ4v) is 2.13. The molecule has 24 heavy (non-hydrogen) atoms. The predicted molar refractivity (Wildman–Crippen MR) is 97.7 cm³/mol. The minimum absolute atomic E-state index is 0.114. The summed E-state index contributed by atoms with van der Waals surface area (Å²) in [4.78, 5) is 20.6. The number of carbonyl (C=O) groups excluding carboxylic acids is 1. The third-order valence-electron chi connectivity index (χ3n) is 3.89. The van der Waals surface area contributed by atoms with Crippen LogP contribution in [0.15, 0.2) is 36.5 Å². The fraction of sp³-hybridized carbons (Fsp3) is 0.421. The van der Waals surface area contributed by atoms with Gasteiger partial charge in [-0.2, -0.15) is 0 Å². The van der Waals surface area contributed by atoms with Gasteiger partial charge in [0.15, 0.2) is 0 Å². The first-order valence-corrected chi connectivity index (χ1v) is 8.31. The highest BCUT2D eigenvalue weighted by Crippen LogP contribution is 2.24. The van der Waals surface area contributed by atoms with Crippen molar-refractivity contribution in [3.8, 4) is 0 Å². The van der Waals surface area contributed by atoms with Crippen molar-refractivity contribution in [1.82, 2.24) is 15.3 Å². The summed E-state index contributed by atoms with van der Waals surface area (Å²) in [5.41, 5.74) is 2.63. The SMILES string of the molecule is CCC(C)NC(=O)c1ccnc(Nc2ccc(C(C)(C)C)cc2)n1. The molecule has 2 rings (SSSR count). The molecule has 0 bridgehead atoms. The molecule has 0 radical (unpaired) electrons. The number of nitrogens with zero attached hydrogens (tertiary/aromatic N) is 2. The van der Waals surface area contributed by atoms with Gasteiger partial charge in [0.1, 0.15) is 5.69 Å². The Hall–Kier alpha value is -2.43. The van der Waals surface area contributed by atoms with Crippen molar-refractivity contribution in [2.75, 3.05) is 5.32 Å². The van der Waals surface area contributed by atoms with Crippen LogP contribution in [0.3, 0.4) is 0 Å². The molecule has 0 saturated carbocycles. The average Bonchev–Trinajstić information content (AvgIpc) is 2.54. The lowest BCUT2D eigenvalue weighted by molar-refractivity contribution is 0.0934. The summed E-state index contributed by atoms with van der Waals surface area (Å²) >= 11 is 0. The van der Waals surface area contributed by atoms with Crippen LogP contribution in [0.25, 0.3) is 0 Å². The quantitative estimate of drug-likeness (QED) is 0.870. The molecule has 128 valence electrons. The number of benzene rings is 1. The van der Waals surface area contributed by atoms with Crippen LogP contribution in [0.5, 0.6) is 0 Å². The molecule has 1 unspecified atom stereocenters. The molecule has 1 atom stereocenters. The Bertz CT molecular complexity index is 689. The number of carbonyl (C=O) groups is 1. The fourth-order valence-electron chi connectivity index (χ4n) is 2.13. The number of nitrogens with one attached hydrogen (secondary N) is 2. The molecule has 1 aromatic heterocycles. The third kappa shape index (κ3) is 4.78. The van der Waals surface area contributed by atoms with Gasteiger partial charge in [0.2, 0.25) is 5.95 Å². The van der Waals surface area contributed by atoms with Gasteiger partial charge in [-0.3, -0.25) is 4.79 Å². The van der Waals surface area contributed by atoms with Gasteiger partial charge in [0, 0.05) is 17.9 Å². The molecule has 1 aromatic carbocycles. The lowest BCUT2D eigenvalue weighted by atomic mass is 9.87. The lowest BCUT2D eigenvalue weighted by Gasteiger charge is -2.19. The maximum Gasteiger partial charge on any atom is 0.270 e. The van der Waals surface area contributed by atoms with Crippen LogP contribution in [-0.4, -0.2) is 21.9 Å². The standard InChI is InChI=1S/C19H26N4O/c1-6-13(2)21-17(24)16-11-12-20-18(23-16)22-15-9-7-14(8-10-15)19(3,4)5/h7-13H,6H2,1-5H3,(H,21,24)(H,20,22,23). The molecule has 0 fully saturated rings. The van der Waals surface area contributed by atoms with Crippen LogP contribution in [0, 0.1) is 0 Å². The van der Waals surface area contributed by atoms with Gasteiger partial charge < -0.3 is 10.6 Å². The summed E-state index contributed by atoms with van der Waals surface area (Å²) in [6.45, 7) is 10.5. The van der Waals surface area contributed by atoms with E-state index in [4.69, 9.17) is 0 Å². The number of aromatic nitrogens is 2. The maximum atomic E-state index is 12.1. The molecular formula is C19H26N4O. The second-order valence-corrected chi connectivity index (χ2v) is 7.00. The summed E-state index contributed by atoms with van der Waals surface area (Å²) < 4.78 is 0. The van der Waals surface area contributed by atoms with Crippen LogP contribution in [-0.2, 0) is 5.41 Å². The molecule has 0 aliphatic heterocycles. The Balaban J connectivity index is 2.10. The zero-order valence-corrected chi connectivity index (χ0v) is 15.1. The molecule has 1 heterocycles. The number of hydrogen-bond donors (Lipinski definition) is 2. The number of anilines is 2. The summed E-state index contributed by atoms with van der Waals surface area (Å²) in [5, 5.41) is 6.05. The zero-order valence-electron chi connectivity index (χ0n) is 15.1. The average molecular weight is 326 g/mol. The first-order chi connectivity index (χ1) is 11.3. The summed E-state index contributed by atoms with van der Waals surface area (Å²) in [6, 6.07) is 9.90. The van der Waals surface area contributed by atoms with E-state index in [0.29, 0.717) is 11.6 Å². The summed E-state index contributed by atoms with van der Waals surface area (Å²) in [7, 11) is 0. The van der Waals surface area contributed by atoms with E-state index in [1.807, 2.05) is 26.0 Å². The molecule has 5 nitrogen and oxygen atoms in total. The smallest absolute Gasteiger partial charge is 0.270 e. The van der Waals surface area contributed by atoms with Crippen molar-refractivity contribution in [2.24, 2.45) is 0 Å². The molecule has 2 aromatic rings. The molecule has 1 amide bonds. The highest BCUT2D eigenvalue weighted by atomic mass is 16.1. The molecule has 0 spiro atoms. The van der Waals surface area contributed by atoms with Crippen molar-refractivity contribution >= 4 is 17.5 Å². The van der Waals surface area contributed by atoms with Crippen molar-refractivity contribution in [3.05, 3.63) is 47.8 Å². The molecule has 0 aliphatic carbocycles. The van der Waals surface area contributed by atoms with Gasteiger partial charge in [-0.1, -0.05) is 39.8 Å². The van der Waals surface area contributed by atoms with Crippen LogP contribution in [0.2, 0.25) is 0 Å². The van der Waals surface area contributed by atoms with Crippen molar-refractivity contribution in [3.63, 3.8) is 0 Å². The Morgan fingerprint density at radius 1 is 1.17 bits per heavy atom. The molecule has 2 N–H and O–H groups in total. The predicted octanol–water partition coefficient (Wildman–Crippen LogP) is 4.05. The van der Waals surface area contributed by atoms with E-state index >= 15 is 0 Å². The third-order valence-corrected chi connectivity index (χ3v) is 3.89. The van der Waals surface area contributed by atoms with Crippen molar-refractivity contribution in [1.29, 1.82) is 0 Å². The van der Waals surface area contributed by atoms with Gasteiger partial charge >= 0.3 is 0 Å². The molecule has 5 heteroatoms. The van der Waals surface area contributed by atoms with Crippen molar-refractivity contribution in [2.45, 2.75) is 52.5 Å². The first kappa shape index (κ1) is 17.9. The second kappa shape index (κ2) is 7.43. The topological polar surface area (TPSA) is 66.9 Å². The largest absolute Gasteiger partial charge is 0.348 e. The first-order valence-electron chi connectivity index (χ1n) is 8.31. The summed E-state index contributed by atoms with van der Waals surface area (Å²) in [5.74, 6) is 0.230. The van der Waals surface area contributed by atoms with Crippen LogP contribution >= 0.6 is 0 Å². The van der Waals surface area contributed by atoms with Gasteiger partial charge in [0.05, 0.1) is 0 Å². The van der Waals surface area contributed by atoms with E-state index in [2.05, 4.69) is 53.5 Å². The van der Waals surface area contributed by atoms with E-state index in [1.165, 1.54) is 5.56 Å². The minimum atomic E-state index is -0.183. The van der Waals surface area contributed by atoms with E-state index in [1.54, 1.807) is 12.3 Å². The Morgan fingerprint density at radius 2 is 1.83 bits per heavy atom. The highest BCUT2D eigenvalue weighted by Gasteiger charge is 2.14. The van der Waals surface area contributed by atoms with E-state index in [9.17, 15) is 4.79 Å². The summed E-state index contributed by atoms with van der Waals surface area (Å²) in [6.07, 6.45) is 2.46. The van der Waals surface area contributed by atoms with Crippen LogP contribution < -0.4 is 10.6 Å². The Kier molecular flexibility index (Phi) is 5.54. The maximum absolute atomic E-state index is 12.1. The highest BCUT2D eigenvalue weighted by molar-refractivity contribution is 5.92.